The number of methoxy groups -OCH3 is 1. The molecule has 2 N–H and O–H groups in total. The molecular weight excluding hydrogens is 413 g/mol. The number of carbonyl (C=O) groups excluding carboxylic acids is 2. The Bertz CT molecular complexity index is 1160. The monoisotopic (exact) mass is 430 g/mol. The Kier molecular flexibility index (Phi) is 5.14. The molecule has 3 aromatic rings. The topological polar surface area (TPSA) is 85.2 Å². The van der Waals surface area contributed by atoms with Crippen LogP contribution in [0.5, 0.6) is 5.75 Å². The van der Waals surface area contributed by atoms with Gasteiger partial charge in [0.15, 0.2) is 0 Å². The van der Waals surface area contributed by atoms with Crippen LogP contribution in [0.2, 0.25) is 0 Å². The number of aromatic nitrogens is 2. The van der Waals surface area contributed by atoms with Gasteiger partial charge < -0.3 is 15.4 Å². The molecule has 0 radical (unpaired) electrons. The van der Waals surface area contributed by atoms with Crippen molar-refractivity contribution in [2.45, 2.75) is 18.6 Å². The van der Waals surface area contributed by atoms with Gasteiger partial charge in [0.05, 0.1) is 25.3 Å². The van der Waals surface area contributed by atoms with Gasteiger partial charge in [-0.2, -0.15) is 18.3 Å². The lowest BCUT2D eigenvalue weighted by Crippen LogP contribution is -2.35. The molecule has 2 amide bonds. The number of nitrogens with one attached hydrogen (secondary N) is 2. The summed E-state index contributed by atoms with van der Waals surface area (Å²) >= 11 is 0. The summed E-state index contributed by atoms with van der Waals surface area (Å²) in [4.78, 5) is 25.2. The number of rotatable bonds is 4. The number of amides is 2. The Hall–Kier alpha value is -3.82. The maximum atomic E-state index is 12.9. The van der Waals surface area contributed by atoms with Crippen LogP contribution in [0.1, 0.15) is 18.0 Å². The fraction of sp³-hybridized carbons (Fsp3) is 0.190. The van der Waals surface area contributed by atoms with Gasteiger partial charge in [-0.3, -0.25) is 9.59 Å². The van der Waals surface area contributed by atoms with Crippen molar-refractivity contribution in [3.63, 3.8) is 0 Å². The van der Waals surface area contributed by atoms with Crippen LogP contribution in [-0.2, 0) is 15.8 Å². The van der Waals surface area contributed by atoms with Gasteiger partial charge in [0.2, 0.25) is 11.8 Å². The lowest BCUT2D eigenvalue weighted by molar-refractivity contribution is -0.137. The lowest BCUT2D eigenvalue weighted by atomic mass is 10.1. The first kappa shape index (κ1) is 20.5. The van der Waals surface area contributed by atoms with Crippen molar-refractivity contribution in [2.75, 3.05) is 17.7 Å². The summed E-state index contributed by atoms with van der Waals surface area (Å²) in [5, 5.41) is 9.42. The quantitative estimate of drug-likeness (QED) is 0.653. The van der Waals surface area contributed by atoms with Crippen molar-refractivity contribution in [1.29, 1.82) is 0 Å². The molecule has 0 fully saturated rings. The minimum absolute atomic E-state index is 0.0236. The lowest BCUT2D eigenvalue weighted by Gasteiger charge is -2.25. The van der Waals surface area contributed by atoms with Crippen molar-refractivity contribution in [2.24, 2.45) is 0 Å². The Morgan fingerprint density at radius 3 is 2.71 bits per heavy atom. The number of carbonyl (C=O) groups is 2. The van der Waals surface area contributed by atoms with E-state index in [0.29, 0.717) is 22.7 Å². The normalized spacial score (nSPS) is 15.7. The largest absolute Gasteiger partial charge is 0.496 e. The van der Waals surface area contributed by atoms with Crippen molar-refractivity contribution < 1.29 is 27.5 Å². The van der Waals surface area contributed by atoms with Crippen LogP contribution in [0, 0.1) is 0 Å². The standard InChI is InChI=1S/C21H17F3N4O3/c1-31-17-8-3-2-7-14(17)15-11-25-28-16(10-18(29)27-19(15)28)20(30)26-13-6-4-5-12(9-13)21(22,23)24/h2-9,11,16H,10H2,1H3,(H,26,30)(H,27,29)/t16-/m1/s1. The van der Waals surface area contributed by atoms with E-state index in [4.69, 9.17) is 4.74 Å². The molecule has 0 saturated carbocycles. The molecule has 7 nitrogen and oxygen atoms in total. The molecular formula is C21H17F3N4O3. The van der Waals surface area contributed by atoms with Gasteiger partial charge in [-0.25, -0.2) is 4.68 Å². The van der Waals surface area contributed by atoms with Gasteiger partial charge in [-0.05, 0) is 24.3 Å². The zero-order valence-electron chi connectivity index (χ0n) is 16.2. The zero-order chi connectivity index (χ0) is 22.2. The SMILES string of the molecule is COc1ccccc1-c1cnn2c1NC(=O)C[C@@H]2C(=O)Nc1cccc(C(F)(F)F)c1. The highest BCUT2D eigenvalue weighted by atomic mass is 19.4. The van der Waals surface area contributed by atoms with E-state index in [9.17, 15) is 22.8 Å². The second kappa shape index (κ2) is 7.78. The number of alkyl halides is 3. The van der Waals surface area contributed by atoms with E-state index in [1.165, 1.54) is 30.1 Å². The average molecular weight is 430 g/mol. The van der Waals surface area contributed by atoms with Crippen LogP contribution in [0.25, 0.3) is 11.1 Å². The maximum Gasteiger partial charge on any atom is 0.416 e. The van der Waals surface area contributed by atoms with Crippen LogP contribution in [-0.4, -0.2) is 28.7 Å². The van der Waals surface area contributed by atoms with E-state index in [1.807, 2.05) is 0 Å². The molecule has 0 spiro atoms. The first-order valence-corrected chi connectivity index (χ1v) is 9.27. The molecule has 0 saturated heterocycles. The summed E-state index contributed by atoms with van der Waals surface area (Å²) in [6, 6.07) is 10.4. The van der Waals surface area contributed by atoms with Gasteiger partial charge in [-0.1, -0.05) is 24.3 Å². The maximum absolute atomic E-state index is 12.9. The van der Waals surface area contributed by atoms with Gasteiger partial charge in [-0.15, -0.1) is 0 Å². The molecule has 1 aromatic heterocycles. The van der Waals surface area contributed by atoms with Crippen LogP contribution < -0.4 is 15.4 Å². The molecule has 31 heavy (non-hydrogen) atoms. The molecule has 2 aromatic carbocycles. The minimum atomic E-state index is -4.54. The first-order chi connectivity index (χ1) is 14.8. The molecule has 4 rings (SSSR count). The van der Waals surface area contributed by atoms with Gasteiger partial charge in [0.1, 0.15) is 17.6 Å². The predicted octanol–water partition coefficient (Wildman–Crippen LogP) is 4.10. The second-order valence-electron chi connectivity index (χ2n) is 6.89. The van der Waals surface area contributed by atoms with Crippen LogP contribution >= 0.6 is 0 Å². The number of benzene rings is 2. The summed E-state index contributed by atoms with van der Waals surface area (Å²) < 4.78 is 45.5. The van der Waals surface area contributed by atoms with Gasteiger partial charge in [0, 0.05) is 16.8 Å². The minimum Gasteiger partial charge on any atom is -0.496 e. The van der Waals surface area contributed by atoms with E-state index >= 15 is 0 Å². The molecule has 0 unspecified atom stereocenters. The van der Waals surface area contributed by atoms with E-state index in [-0.39, 0.29) is 12.1 Å². The van der Waals surface area contributed by atoms with Crippen LogP contribution in [0.4, 0.5) is 24.7 Å². The Balaban J connectivity index is 1.66. The summed E-state index contributed by atoms with van der Waals surface area (Å²) in [7, 11) is 1.51. The third-order valence-electron chi connectivity index (χ3n) is 4.88. The molecule has 0 bridgehead atoms. The summed E-state index contributed by atoms with van der Waals surface area (Å²) in [6.07, 6.45) is -3.24. The molecule has 1 atom stereocenters. The van der Waals surface area contributed by atoms with E-state index in [1.54, 1.807) is 24.3 Å². The number of anilines is 2. The fourth-order valence-corrected chi connectivity index (χ4v) is 3.44. The Morgan fingerprint density at radius 1 is 1.19 bits per heavy atom. The van der Waals surface area contributed by atoms with Crippen molar-refractivity contribution >= 4 is 23.3 Å². The smallest absolute Gasteiger partial charge is 0.416 e. The van der Waals surface area contributed by atoms with E-state index < -0.39 is 29.6 Å². The number of para-hydroxylation sites is 1. The first-order valence-electron chi connectivity index (χ1n) is 9.27. The number of ether oxygens (including phenoxy) is 1. The van der Waals surface area contributed by atoms with Crippen molar-refractivity contribution in [3.05, 3.63) is 60.3 Å². The third-order valence-corrected chi connectivity index (χ3v) is 4.88. The highest BCUT2D eigenvalue weighted by molar-refractivity contribution is 6.03. The summed E-state index contributed by atoms with van der Waals surface area (Å²) in [5.41, 5.74) is 0.322. The molecule has 2 heterocycles. The zero-order valence-corrected chi connectivity index (χ0v) is 16.2. The number of hydrogen-bond donors (Lipinski definition) is 2. The Morgan fingerprint density at radius 2 is 1.97 bits per heavy atom. The third kappa shape index (κ3) is 3.96. The molecule has 0 aliphatic carbocycles. The summed E-state index contributed by atoms with van der Waals surface area (Å²) in [6.45, 7) is 0. The fourth-order valence-electron chi connectivity index (χ4n) is 3.44. The molecule has 10 heteroatoms. The van der Waals surface area contributed by atoms with Crippen LogP contribution in [0.15, 0.2) is 54.7 Å². The number of halogens is 3. The molecule has 1 aliphatic heterocycles. The summed E-state index contributed by atoms with van der Waals surface area (Å²) in [5.74, 6) is -0.188. The van der Waals surface area contributed by atoms with Crippen molar-refractivity contribution in [1.82, 2.24) is 9.78 Å². The highest BCUT2D eigenvalue weighted by Crippen LogP contribution is 2.38. The average Bonchev–Trinajstić information content (AvgIpc) is 3.16. The van der Waals surface area contributed by atoms with E-state index in [2.05, 4.69) is 15.7 Å². The molecule has 160 valence electrons. The number of nitrogens with zero attached hydrogens (tertiary/aromatic N) is 2. The number of fused-ring (bicyclic) bond motifs is 1. The van der Waals surface area contributed by atoms with Gasteiger partial charge >= 0.3 is 6.18 Å². The van der Waals surface area contributed by atoms with Gasteiger partial charge in [0.25, 0.3) is 0 Å². The highest BCUT2D eigenvalue weighted by Gasteiger charge is 2.34. The van der Waals surface area contributed by atoms with Crippen LogP contribution in [0.3, 0.4) is 0 Å². The Labute approximate surface area is 174 Å². The van der Waals surface area contributed by atoms with E-state index in [0.717, 1.165) is 12.1 Å². The predicted molar refractivity (Wildman–Crippen MR) is 107 cm³/mol. The number of hydrogen-bond acceptors (Lipinski definition) is 4. The van der Waals surface area contributed by atoms with Crippen molar-refractivity contribution in [3.8, 4) is 16.9 Å². The molecule has 1 aliphatic rings. The second-order valence-corrected chi connectivity index (χ2v) is 6.89.